The Bertz CT molecular complexity index is 305. The lowest BCUT2D eigenvalue weighted by Gasteiger charge is -2.26. The third kappa shape index (κ3) is 4.45. The maximum absolute atomic E-state index is 12.6. The van der Waals surface area contributed by atoms with Crippen molar-refractivity contribution >= 4 is 12.6 Å². The fraction of sp³-hybridized carbons (Fsp3) is 0.455. The van der Waals surface area contributed by atoms with E-state index >= 15 is 0 Å². The van der Waals surface area contributed by atoms with E-state index in [0.717, 1.165) is 0 Å². The van der Waals surface area contributed by atoms with Crippen LogP contribution in [0.2, 0.25) is 0 Å². The summed E-state index contributed by atoms with van der Waals surface area (Å²) >= 11 is 0. The molecule has 0 saturated carbocycles. The summed E-state index contributed by atoms with van der Waals surface area (Å²) in [4.78, 5) is 0. The predicted molar refractivity (Wildman–Crippen MR) is 57.2 cm³/mol. The van der Waals surface area contributed by atoms with Gasteiger partial charge in [0.2, 0.25) is 7.12 Å². The molecule has 0 spiro atoms. The standard InChI is InChI=1S/C11H15BFO2/c1-11(2,3)8-15-12(14)9-4-6-10(13)7-5-9/h4-7H,8H2,1-3H3/q-1. The van der Waals surface area contributed by atoms with Crippen LogP contribution in [0.5, 0.6) is 0 Å². The third-order valence-electron chi connectivity index (χ3n) is 1.81. The van der Waals surface area contributed by atoms with Crippen LogP contribution >= 0.6 is 0 Å². The summed E-state index contributed by atoms with van der Waals surface area (Å²) < 4.78 is 17.7. The second kappa shape index (κ2) is 4.77. The highest BCUT2D eigenvalue weighted by molar-refractivity contribution is 6.58. The highest BCUT2D eigenvalue weighted by Crippen LogP contribution is 2.12. The lowest BCUT2D eigenvalue weighted by Crippen LogP contribution is -2.47. The van der Waals surface area contributed by atoms with Gasteiger partial charge < -0.3 is 9.68 Å². The Morgan fingerprint density at radius 1 is 1.27 bits per heavy atom. The summed E-state index contributed by atoms with van der Waals surface area (Å²) in [6, 6.07) is 5.44. The molecule has 0 heterocycles. The Balaban J connectivity index is 2.54. The molecule has 4 heteroatoms. The van der Waals surface area contributed by atoms with E-state index in [1.165, 1.54) is 24.3 Å². The van der Waals surface area contributed by atoms with E-state index in [4.69, 9.17) is 4.65 Å². The molecule has 2 nitrogen and oxygen atoms in total. The smallest absolute Gasteiger partial charge is 0.217 e. The molecular formula is C11H15BFO2-. The summed E-state index contributed by atoms with van der Waals surface area (Å²) in [6.45, 7) is 6.36. The van der Waals surface area contributed by atoms with E-state index in [2.05, 4.69) is 0 Å². The Morgan fingerprint density at radius 2 is 1.80 bits per heavy atom. The molecule has 0 saturated heterocycles. The lowest BCUT2D eigenvalue weighted by molar-refractivity contribution is -0.218. The molecule has 0 aliphatic carbocycles. The zero-order valence-corrected chi connectivity index (χ0v) is 9.29. The Morgan fingerprint density at radius 3 is 2.27 bits per heavy atom. The van der Waals surface area contributed by atoms with Gasteiger partial charge in [-0.3, -0.25) is 0 Å². The van der Waals surface area contributed by atoms with Crippen LogP contribution in [-0.4, -0.2) is 13.7 Å². The van der Waals surface area contributed by atoms with Gasteiger partial charge in [0, 0.05) is 6.61 Å². The predicted octanol–water partition coefficient (Wildman–Crippen LogP) is 0.944. The van der Waals surface area contributed by atoms with Crippen LogP contribution in [0, 0.1) is 11.2 Å². The molecule has 0 atom stereocenters. The van der Waals surface area contributed by atoms with Crippen molar-refractivity contribution in [1.29, 1.82) is 0 Å². The Hall–Kier alpha value is -0.865. The van der Waals surface area contributed by atoms with Crippen molar-refractivity contribution in [2.24, 2.45) is 5.41 Å². The van der Waals surface area contributed by atoms with Crippen LogP contribution < -0.4 is 10.5 Å². The van der Waals surface area contributed by atoms with Gasteiger partial charge in [-0.1, -0.05) is 38.4 Å². The van der Waals surface area contributed by atoms with Crippen molar-refractivity contribution in [2.45, 2.75) is 20.8 Å². The average Bonchev–Trinajstić information content (AvgIpc) is 2.14. The van der Waals surface area contributed by atoms with Gasteiger partial charge in [0.1, 0.15) is 5.82 Å². The number of halogens is 1. The lowest BCUT2D eigenvalue weighted by atomic mass is 9.79. The molecule has 0 amide bonds. The van der Waals surface area contributed by atoms with Crippen molar-refractivity contribution in [3.05, 3.63) is 30.1 Å². The van der Waals surface area contributed by atoms with Crippen LogP contribution in [0.25, 0.3) is 0 Å². The molecule has 0 aromatic heterocycles. The molecule has 82 valence electrons. The van der Waals surface area contributed by atoms with Gasteiger partial charge in [-0.15, -0.1) is 0 Å². The number of hydrogen-bond acceptors (Lipinski definition) is 2. The SMILES string of the molecule is CC(C)(C)COB([O-])c1ccc(F)cc1. The molecule has 0 fully saturated rings. The number of benzene rings is 1. The van der Waals surface area contributed by atoms with Crippen molar-refractivity contribution in [3.63, 3.8) is 0 Å². The Labute approximate surface area is 90.2 Å². The van der Waals surface area contributed by atoms with E-state index in [9.17, 15) is 9.41 Å². The van der Waals surface area contributed by atoms with E-state index in [1.807, 2.05) is 20.8 Å². The normalized spacial score (nSPS) is 11.5. The summed E-state index contributed by atoms with van der Waals surface area (Å²) in [5.41, 5.74) is 0.420. The topological polar surface area (TPSA) is 32.3 Å². The van der Waals surface area contributed by atoms with Gasteiger partial charge >= 0.3 is 0 Å². The second-order valence-electron chi connectivity index (χ2n) is 4.76. The summed E-state index contributed by atoms with van der Waals surface area (Å²) in [7, 11) is -1.23. The van der Waals surface area contributed by atoms with Crippen molar-refractivity contribution in [3.8, 4) is 0 Å². The summed E-state index contributed by atoms with van der Waals surface area (Å²) in [5, 5.41) is 11.5. The fourth-order valence-corrected chi connectivity index (χ4v) is 1.04. The van der Waals surface area contributed by atoms with Gasteiger partial charge in [0.25, 0.3) is 0 Å². The first kappa shape index (κ1) is 12.2. The van der Waals surface area contributed by atoms with Crippen LogP contribution in [-0.2, 0) is 4.65 Å². The molecule has 1 rings (SSSR count). The van der Waals surface area contributed by atoms with E-state index in [-0.39, 0.29) is 11.2 Å². The zero-order valence-electron chi connectivity index (χ0n) is 9.29. The van der Waals surface area contributed by atoms with Crippen LogP contribution in [0.1, 0.15) is 20.8 Å². The van der Waals surface area contributed by atoms with E-state index < -0.39 is 7.12 Å². The maximum Gasteiger partial charge on any atom is 0.217 e. The minimum atomic E-state index is -1.23. The first-order valence-corrected chi connectivity index (χ1v) is 4.91. The molecule has 0 radical (unpaired) electrons. The molecule has 1 aromatic rings. The van der Waals surface area contributed by atoms with Crippen molar-refractivity contribution < 1.29 is 14.1 Å². The van der Waals surface area contributed by atoms with Gasteiger partial charge in [-0.05, 0) is 17.5 Å². The molecule has 1 aromatic carbocycles. The molecule has 0 unspecified atom stereocenters. The van der Waals surface area contributed by atoms with Crippen LogP contribution in [0.4, 0.5) is 4.39 Å². The molecule has 0 bridgehead atoms. The van der Waals surface area contributed by atoms with Gasteiger partial charge in [-0.2, -0.15) is 0 Å². The first-order chi connectivity index (χ1) is 6.88. The van der Waals surface area contributed by atoms with E-state index in [1.54, 1.807) is 0 Å². The first-order valence-electron chi connectivity index (χ1n) is 4.91. The third-order valence-corrected chi connectivity index (χ3v) is 1.81. The van der Waals surface area contributed by atoms with Gasteiger partial charge in [-0.25, -0.2) is 4.39 Å². The quantitative estimate of drug-likeness (QED) is 0.694. The van der Waals surface area contributed by atoms with Crippen molar-refractivity contribution in [2.75, 3.05) is 6.61 Å². The highest BCUT2D eigenvalue weighted by atomic mass is 19.1. The van der Waals surface area contributed by atoms with E-state index in [0.29, 0.717) is 12.1 Å². The largest absolute Gasteiger partial charge is 0.853 e. The molecule has 15 heavy (non-hydrogen) atoms. The second-order valence-corrected chi connectivity index (χ2v) is 4.76. The van der Waals surface area contributed by atoms with Crippen LogP contribution in [0.15, 0.2) is 24.3 Å². The minimum Gasteiger partial charge on any atom is -0.853 e. The van der Waals surface area contributed by atoms with Gasteiger partial charge in [0.15, 0.2) is 0 Å². The average molecular weight is 209 g/mol. The zero-order chi connectivity index (χ0) is 11.5. The number of hydrogen-bond donors (Lipinski definition) is 0. The van der Waals surface area contributed by atoms with Crippen LogP contribution in [0.3, 0.4) is 0 Å². The maximum atomic E-state index is 12.6. The summed E-state index contributed by atoms with van der Waals surface area (Å²) in [5.74, 6) is -0.346. The monoisotopic (exact) mass is 209 g/mol. The molecule has 0 aliphatic rings. The highest BCUT2D eigenvalue weighted by Gasteiger charge is 2.12. The molecular weight excluding hydrogens is 194 g/mol. The minimum absolute atomic E-state index is 0.0390. The number of rotatable bonds is 3. The summed E-state index contributed by atoms with van der Waals surface area (Å²) in [6.07, 6.45) is 0. The van der Waals surface area contributed by atoms with Gasteiger partial charge in [0.05, 0.1) is 0 Å². The molecule has 0 aliphatic heterocycles. The fourth-order valence-electron chi connectivity index (χ4n) is 1.04. The molecule has 0 N–H and O–H groups in total. The Kier molecular flexibility index (Phi) is 3.88. The van der Waals surface area contributed by atoms with Crippen molar-refractivity contribution in [1.82, 2.24) is 0 Å².